The Bertz CT molecular complexity index is 144. The molecule has 0 aliphatic carbocycles. The fourth-order valence-electron chi connectivity index (χ4n) is 1.15. The van der Waals surface area contributed by atoms with Crippen LogP contribution in [0.1, 0.15) is 6.42 Å². The largest absolute Gasteiger partial charge is 0.415 e. The Morgan fingerprint density at radius 1 is 1.08 bits per heavy atom. The first-order valence-corrected chi connectivity index (χ1v) is 12.2. The summed E-state index contributed by atoms with van der Waals surface area (Å²) in [5, 5.41) is 0. The van der Waals surface area contributed by atoms with Crippen LogP contribution in [0.15, 0.2) is 0 Å². The second kappa shape index (κ2) is 4.76. The van der Waals surface area contributed by atoms with Crippen molar-refractivity contribution in [1.29, 1.82) is 0 Å². The summed E-state index contributed by atoms with van der Waals surface area (Å²) in [7, 11) is -2.26. The SMILES string of the molecule is [CH2]C(CC[Si](C)(C)C)O[Si](C)(C)C. The molecular weight excluding hydrogens is 192 g/mol. The predicted molar refractivity (Wildman–Crippen MR) is 66.3 cm³/mol. The van der Waals surface area contributed by atoms with Crippen LogP contribution >= 0.6 is 0 Å². The molecule has 0 aliphatic heterocycles. The molecule has 0 aromatic rings. The summed E-state index contributed by atoms with van der Waals surface area (Å²) < 4.78 is 5.88. The molecule has 0 saturated heterocycles. The molecule has 0 N–H and O–H groups in total. The minimum Gasteiger partial charge on any atom is -0.415 e. The molecule has 0 aliphatic rings. The highest BCUT2D eigenvalue weighted by atomic mass is 28.4. The molecule has 79 valence electrons. The third kappa shape index (κ3) is 10.3. The van der Waals surface area contributed by atoms with Crippen LogP contribution in [0.4, 0.5) is 0 Å². The van der Waals surface area contributed by atoms with Gasteiger partial charge in [0.2, 0.25) is 0 Å². The second-order valence-corrected chi connectivity index (χ2v) is 16.0. The van der Waals surface area contributed by atoms with Gasteiger partial charge in [0.1, 0.15) is 0 Å². The smallest absolute Gasteiger partial charge is 0.184 e. The van der Waals surface area contributed by atoms with Gasteiger partial charge >= 0.3 is 0 Å². The topological polar surface area (TPSA) is 9.23 Å². The standard InChI is InChI=1S/C10H25OSi2/c1-10(11-13(5,6)7)8-9-12(2,3)4/h10H,1,8-9H2,2-7H3. The van der Waals surface area contributed by atoms with Crippen molar-refractivity contribution in [2.75, 3.05) is 0 Å². The van der Waals surface area contributed by atoms with Gasteiger partial charge in [-0.2, -0.15) is 0 Å². The highest BCUT2D eigenvalue weighted by molar-refractivity contribution is 6.76. The van der Waals surface area contributed by atoms with Gasteiger partial charge in [0, 0.05) is 14.2 Å². The molecule has 1 radical (unpaired) electrons. The first kappa shape index (κ1) is 13.4. The number of hydrogen-bond donors (Lipinski definition) is 0. The summed E-state index contributed by atoms with van der Waals surface area (Å²) in [6.07, 6.45) is 1.36. The van der Waals surface area contributed by atoms with Crippen molar-refractivity contribution in [2.24, 2.45) is 0 Å². The fourth-order valence-corrected chi connectivity index (χ4v) is 3.46. The quantitative estimate of drug-likeness (QED) is 0.637. The zero-order chi connectivity index (χ0) is 10.7. The van der Waals surface area contributed by atoms with Crippen LogP contribution in [0.25, 0.3) is 0 Å². The van der Waals surface area contributed by atoms with Crippen molar-refractivity contribution in [3.8, 4) is 0 Å². The summed E-state index contributed by atoms with van der Waals surface area (Å²) in [5.74, 6) is 0. The molecule has 0 rings (SSSR count). The van der Waals surface area contributed by atoms with Gasteiger partial charge in [0.25, 0.3) is 0 Å². The van der Waals surface area contributed by atoms with E-state index < -0.39 is 16.4 Å². The fraction of sp³-hybridized carbons (Fsp3) is 0.900. The molecule has 0 bridgehead atoms. The van der Waals surface area contributed by atoms with Crippen LogP contribution in [0.2, 0.25) is 45.3 Å². The van der Waals surface area contributed by atoms with Crippen molar-refractivity contribution in [3.63, 3.8) is 0 Å². The predicted octanol–water partition coefficient (Wildman–Crippen LogP) is 3.77. The third-order valence-corrected chi connectivity index (χ3v) is 4.57. The molecule has 0 heterocycles. The van der Waals surface area contributed by atoms with Crippen LogP contribution in [-0.2, 0) is 4.43 Å². The molecule has 0 amide bonds. The average molecular weight is 217 g/mol. The molecule has 1 unspecified atom stereocenters. The van der Waals surface area contributed by atoms with Crippen LogP contribution in [-0.4, -0.2) is 22.5 Å². The van der Waals surface area contributed by atoms with E-state index in [1.165, 1.54) is 6.04 Å². The lowest BCUT2D eigenvalue weighted by Crippen LogP contribution is -2.32. The van der Waals surface area contributed by atoms with Gasteiger partial charge in [-0.25, -0.2) is 0 Å². The van der Waals surface area contributed by atoms with Crippen molar-refractivity contribution >= 4 is 16.4 Å². The lowest BCUT2D eigenvalue weighted by atomic mass is 10.3. The van der Waals surface area contributed by atoms with E-state index in [1.54, 1.807) is 0 Å². The Kier molecular flexibility index (Phi) is 4.90. The molecule has 0 saturated carbocycles. The van der Waals surface area contributed by atoms with Crippen molar-refractivity contribution in [2.45, 2.75) is 57.9 Å². The Hall–Kier alpha value is 0.394. The van der Waals surface area contributed by atoms with Gasteiger partial charge in [-0.05, 0) is 33.0 Å². The zero-order valence-electron chi connectivity index (χ0n) is 10.1. The maximum atomic E-state index is 5.88. The Balaban J connectivity index is 3.70. The van der Waals surface area contributed by atoms with E-state index in [1.807, 2.05) is 0 Å². The minimum atomic E-state index is -1.36. The molecule has 1 atom stereocenters. The van der Waals surface area contributed by atoms with Gasteiger partial charge in [-0.1, -0.05) is 25.7 Å². The van der Waals surface area contributed by atoms with E-state index in [-0.39, 0.29) is 6.10 Å². The zero-order valence-corrected chi connectivity index (χ0v) is 12.1. The van der Waals surface area contributed by atoms with Crippen LogP contribution in [0.5, 0.6) is 0 Å². The highest BCUT2D eigenvalue weighted by Gasteiger charge is 2.20. The number of rotatable bonds is 5. The van der Waals surface area contributed by atoms with E-state index in [0.717, 1.165) is 6.42 Å². The molecule has 0 aromatic heterocycles. The van der Waals surface area contributed by atoms with E-state index in [4.69, 9.17) is 4.43 Å². The van der Waals surface area contributed by atoms with E-state index >= 15 is 0 Å². The summed E-state index contributed by atoms with van der Waals surface area (Å²) in [6, 6.07) is 1.33. The molecule has 3 heteroatoms. The minimum absolute atomic E-state index is 0.221. The van der Waals surface area contributed by atoms with Gasteiger partial charge in [0.15, 0.2) is 8.32 Å². The molecular formula is C10H25OSi2. The van der Waals surface area contributed by atoms with Crippen LogP contribution < -0.4 is 0 Å². The lowest BCUT2D eigenvalue weighted by Gasteiger charge is -2.25. The summed E-state index contributed by atoms with van der Waals surface area (Å²) in [5.41, 5.74) is 0. The van der Waals surface area contributed by atoms with Gasteiger partial charge in [-0.3, -0.25) is 0 Å². The Morgan fingerprint density at radius 2 is 1.54 bits per heavy atom. The van der Waals surface area contributed by atoms with Crippen LogP contribution in [0.3, 0.4) is 0 Å². The van der Waals surface area contributed by atoms with E-state index in [0.29, 0.717) is 0 Å². The average Bonchev–Trinajstić information content (AvgIpc) is 1.78. The highest BCUT2D eigenvalue weighted by Crippen LogP contribution is 2.17. The van der Waals surface area contributed by atoms with Crippen molar-refractivity contribution in [3.05, 3.63) is 6.92 Å². The van der Waals surface area contributed by atoms with E-state index in [2.05, 4.69) is 46.2 Å². The molecule has 13 heavy (non-hydrogen) atoms. The monoisotopic (exact) mass is 217 g/mol. The molecule has 0 fully saturated rings. The summed E-state index contributed by atoms with van der Waals surface area (Å²) >= 11 is 0. The Morgan fingerprint density at radius 3 is 1.85 bits per heavy atom. The second-order valence-electron chi connectivity index (χ2n) is 5.95. The maximum Gasteiger partial charge on any atom is 0.184 e. The Labute approximate surface area is 86.0 Å². The number of hydrogen-bond acceptors (Lipinski definition) is 1. The molecule has 0 aromatic carbocycles. The maximum absolute atomic E-state index is 5.88. The van der Waals surface area contributed by atoms with Crippen molar-refractivity contribution in [1.82, 2.24) is 0 Å². The van der Waals surface area contributed by atoms with E-state index in [9.17, 15) is 0 Å². The normalized spacial score (nSPS) is 15.9. The van der Waals surface area contributed by atoms with Gasteiger partial charge < -0.3 is 4.43 Å². The van der Waals surface area contributed by atoms with Gasteiger partial charge in [-0.15, -0.1) is 0 Å². The van der Waals surface area contributed by atoms with Crippen molar-refractivity contribution < 1.29 is 4.43 Å². The molecule has 0 spiro atoms. The first-order chi connectivity index (χ1) is 5.60. The summed E-state index contributed by atoms with van der Waals surface area (Å²) in [4.78, 5) is 0. The van der Waals surface area contributed by atoms with Gasteiger partial charge in [0.05, 0.1) is 0 Å². The van der Waals surface area contributed by atoms with Crippen LogP contribution in [0, 0.1) is 6.92 Å². The lowest BCUT2D eigenvalue weighted by molar-refractivity contribution is 0.235. The first-order valence-electron chi connectivity index (χ1n) is 5.11. The molecule has 1 nitrogen and oxygen atoms in total. The summed E-state index contributed by atoms with van der Waals surface area (Å²) in [6.45, 7) is 17.9. The third-order valence-electron chi connectivity index (χ3n) is 1.74.